The monoisotopic (exact) mass is 306 g/mol. The number of benzene rings is 1. The van der Waals surface area contributed by atoms with Gasteiger partial charge in [-0.05, 0) is 12.1 Å². The second kappa shape index (κ2) is 3.99. The molecule has 3 rings (SSSR count). The molecule has 0 aliphatic carbocycles. The molecule has 0 radical (unpaired) electrons. The first kappa shape index (κ1) is 11.5. The maximum atomic E-state index is 11.9. The highest BCUT2D eigenvalue weighted by Gasteiger charge is 2.47. The fourth-order valence-electron chi connectivity index (χ4n) is 2.71. The van der Waals surface area contributed by atoms with E-state index >= 15 is 0 Å². The van der Waals surface area contributed by atoms with Gasteiger partial charge in [-0.3, -0.25) is 0 Å². The van der Waals surface area contributed by atoms with Gasteiger partial charge in [0, 0.05) is 36.0 Å². The molecule has 0 saturated carbocycles. The number of hydrogen-bond acceptors (Lipinski definition) is 4. The molecular weight excluding hydrogens is 296 g/mol. The van der Waals surface area contributed by atoms with Crippen molar-refractivity contribution in [2.24, 2.45) is 0 Å². The lowest BCUT2D eigenvalue weighted by molar-refractivity contribution is -0.0358. The number of piperidine rings is 1. The zero-order chi connectivity index (χ0) is 12.8. The molecule has 5 heteroatoms. The Labute approximate surface area is 113 Å². The number of ether oxygens (including phenoxy) is 1. The first-order valence-corrected chi connectivity index (χ1v) is 6.62. The van der Waals surface area contributed by atoms with Crippen LogP contribution in [-0.4, -0.2) is 24.0 Å². The standard InChI is InChI=1S/C13H11BrN2O2/c14-9-1-2-11-10(7-9)12(17)18-13(11)3-5-16(8-15)6-4-13/h1-2,7H,3-6H2. The molecule has 1 aromatic rings. The van der Waals surface area contributed by atoms with Crippen LogP contribution in [0.2, 0.25) is 0 Å². The summed E-state index contributed by atoms with van der Waals surface area (Å²) in [5.41, 5.74) is 1.10. The van der Waals surface area contributed by atoms with Crippen molar-refractivity contribution in [2.45, 2.75) is 18.4 Å². The van der Waals surface area contributed by atoms with Crippen LogP contribution in [0.5, 0.6) is 0 Å². The van der Waals surface area contributed by atoms with Crippen molar-refractivity contribution in [1.29, 1.82) is 5.26 Å². The molecule has 2 aliphatic heterocycles. The number of rotatable bonds is 0. The van der Waals surface area contributed by atoms with Crippen LogP contribution in [0.25, 0.3) is 0 Å². The van der Waals surface area contributed by atoms with Gasteiger partial charge in [0.1, 0.15) is 5.60 Å². The van der Waals surface area contributed by atoms with E-state index in [1.165, 1.54) is 0 Å². The Balaban J connectivity index is 1.98. The summed E-state index contributed by atoms with van der Waals surface area (Å²) in [6, 6.07) is 5.69. The fraction of sp³-hybridized carbons (Fsp3) is 0.385. The van der Waals surface area contributed by atoms with Crippen LogP contribution in [0, 0.1) is 11.5 Å². The number of nitrogens with zero attached hydrogens (tertiary/aromatic N) is 2. The molecule has 0 unspecified atom stereocenters. The van der Waals surface area contributed by atoms with Gasteiger partial charge < -0.3 is 9.64 Å². The van der Waals surface area contributed by atoms with E-state index in [2.05, 4.69) is 22.1 Å². The van der Waals surface area contributed by atoms with Crippen LogP contribution < -0.4 is 0 Å². The Morgan fingerprint density at radius 2 is 2.11 bits per heavy atom. The molecule has 0 atom stereocenters. The molecule has 18 heavy (non-hydrogen) atoms. The summed E-state index contributed by atoms with van der Waals surface area (Å²) in [5, 5.41) is 8.87. The topological polar surface area (TPSA) is 53.3 Å². The molecule has 0 aromatic heterocycles. The molecule has 0 N–H and O–H groups in total. The predicted octanol–water partition coefficient (Wildman–Crippen LogP) is 2.39. The second-order valence-electron chi connectivity index (χ2n) is 4.66. The van der Waals surface area contributed by atoms with Gasteiger partial charge in [0.15, 0.2) is 6.19 Å². The first-order valence-electron chi connectivity index (χ1n) is 5.83. The lowest BCUT2D eigenvalue weighted by Crippen LogP contribution is -2.40. The predicted molar refractivity (Wildman–Crippen MR) is 67.7 cm³/mol. The van der Waals surface area contributed by atoms with Crippen molar-refractivity contribution in [3.8, 4) is 6.19 Å². The fourth-order valence-corrected chi connectivity index (χ4v) is 3.07. The van der Waals surface area contributed by atoms with Crippen LogP contribution >= 0.6 is 15.9 Å². The van der Waals surface area contributed by atoms with Crippen molar-refractivity contribution in [3.05, 3.63) is 33.8 Å². The highest BCUT2D eigenvalue weighted by molar-refractivity contribution is 9.10. The number of carbonyl (C=O) groups is 1. The number of fused-ring (bicyclic) bond motifs is 2. The second-order valence-corrected chi connectivity index (χ2v) is 5.58. The van der Waals surface area contributed by atoms with Crippen molar-refractivity contribution in [1.82, 2.24) is 4.90 Å². The van der Waals surface area contributed by atoms with E-state index in [9.17, 15) is 4.79 Å². The maximum Gasteiger partial charge on any atom is 0.339 e. The number of halogens is 1. The number of esters is 1. The molecular formula is C13H11BrN2O2. The smallest absolute Gasteiger partial charge is 0.339 e. The van der Waals surface area contributed by atoms with Gasteiger partial charge in [0.25, 0.3) is 0 Å². The largest absolute Gasteiger partial charge is 0.450 e. The van der Waals surface area contributed by atoms with E-state index in [4.69, 9.17) is 10.00 Å². The summed E-state index contributed by atoms with van der Waals surface area (Å²) < 4.78 is 6.49. The summed E-state index contributed by atoms with van der Waals surface area (Å²) >= 11 is 3.37. The molecule has 1 fully saturated rings. The highest BCUT2D eigenvalue weighted by Crippen LogP contribution is 2.44. The Morgan fingerprint density at radius 3 is 2.78 bits per heavy atom. The Bertz CT molecular complexity index is 557. The average Bonchev–Trinajstić information content (AvgIpc) is 2.63. The zero-order valence-electron chi connectivity index (χ0n) is 9.65. The Hall–Kier alpha value is -1.54. The van der Waals surface area contributed by atoms with Crippen molar-refractivity contribution >= 4 is 21.9 Å². The summed E-state index contributed by atoms with van der Waals surface area (Å²) in [4.78, 5) is 13.6. The third kappa shape index (κ3) is 1.60. The minimum atomic E-state index is -0.513. The van der Waals surface area contributed by atoms with E-state index in [0.717, 1.165) is 10.0 Å². The number of likely N-dealkylation sites (tertiary alicyclic amines) is 1. The molecule has 2 aliphatic rings. The van der Waals surface area contributed by atoms with Crippen molar-refractivity contribution < 1.29 is 9.53 Å². The zero-order valence-corrected chi connectivity index (χ0v) is 11.2. The SMILES string of the molecule is N#CN1CCC2(CC1)OC(=O)c1cc(Br)ccc12. The Morgan fingerprint density at radius 1 is 1.39 bits per heavy atom. The van der Waals surface area contributed by atoms with E-state index in [1.807, 2.05) is 18.2 Å². The Kier molecular flexibility index (Phi) is 2.56. The molecule has 2 heterocycles. The lowest BCUT2D eigenvalue weighted by atomic mass is 9.84. The van der Waals surface area contributed by atoms with E-state index in [-0.39, 0.29) is 5.97 Å². The van der Waals surface area contributed by atoms with Crippen molar-refractivity contribution in [2.75, 3.05) is 13.1 Å². The van der Waals surface area contributed by atoms with Gasteiger partial charge in [0.2, 0.25) is 0 Å². The van der Waals surface area contributed by atoms with Gasteiger partial charge in [-0.25, -0.2) is 4.79 Å². The molecule has 0 amide bonds. The maximum absolute atomic E-state index is 11.9. The molecule has 4 nitrogen and oxygen atoms in total. The van der Waals surface area contributed by atoms with Crippen LogP contribution in [0.1, 0.15) is 28.8 Å². The minimum absolute atomic E-state index is 0.253. The summed E-state index contributed by atoms with van der Waals surface area (Å²) in [5.74, 6) is -0.253. The summed E-state index contributed by atoms with van der Waals surface area (Å²) in [6.45, 7) is 1.28. The number of nitriles is 1. The average molecular weight is 307 g/mol. The van der Waals surface area contributed by atoms with Crippen molar-refractivity contribution in [3.63, 3.8) is 0 Å². The van der Waals surface area contributed by atoms with E-state index in [0.29, 0.717) is 31.5 Å². The summed E-state index contributed by atoms with van der Waals surface area (Å²) in [7, 11) is 0. The third-order valence-electron chi connectivity index (χ3n) is 3.69. The number of hydrogen-bond donors (Lipinski definition) is 0. The van der Waals surface area contributed by atoms with Crippen LogP contribution in [0.3, 0.4) is 0 Å². The van der Waals surface area contributed by atoms with Gasteiger partial charge in [0.05, 0.1) is 5.56 Å². The van der Waals surface area contributed by atoms with Crippen LogP contribution in [0.15, 0.2) is 22.7 Å². The minimum Gasteiger partial charge on any atom is -0.450 e. The summed E-state index contributed by atoms with van der Waals surface area (Å²) in [6.07, 6.45) is 3.50. The van der Waals surface area contributed by atoms with Gasteiger partial charge >= 0.3 is 5.97 Å². The lowest BCUT2D eigenvalue weighted by Gasteiger charge is -2.36. The molecule has 1 spiro atoms. The first-order chi connectivity index (χ1) is 8.64. The molecule has 1 aromatic carbocycles. The number of carbonyl (C=O) groups excluding carboxylic acids is 1. The quantitative estimate of drug-likeness (QED) is 0.545. The third-order valence-corrected chi connectivity index (χ3v) is 4.19. The molecule has 92 valence electrons. The van der Waals surface area contributed by atoms with Crippen LogP contribution in [-0.2, 0) is 10.3 Å². The van der Waals surface area contributed by atoms with E-state index < -0.39 is 5.60 Å². The van der Waals surface area contributed by atoms with Crippen LogP contribution in [0.4, 0.5) is 0 Å². The normalized spacial score (nSPS) is 20.4. The van der Waals surface area contributed by atoms with Gasteiger partial charge in [-0.1, -0.05) is 22.0 Å². The van der Waals surface area contributed by atoms with Gasteiger partial charge in [-0.2, -0.15) is 5.26 Å². The molecule has 0 bridgehead atoms. The molecule has 1 saturated heterocycles. The highest BCUT2D eigenvalue weighted by atomic mass is 79.9. The van der Waals surface area contributed by atoms with E-state index in [1.54, 1.807) is 4.90 Å². The van der Waals surface area contributed by atoms with Gasteiger partial charge in [-0.15, -0.1) is 0 Å².